The summed E-state index contributed by atoms with van der Waals surface area (Å²) in [4.78, 5) is 18.3. The summed E-state index contributed by atoms with van der Waals surface area (Å²) in [6, 6.07) is 7.32. The van der Waals surface area contributed by atoms with Crippen molar-refractivity contribution in [2.75, 3.05) is 24.2 Å². The molecule has 6 N–H and O–H groups in total. The average molecular weight is 369 g/mol. The summed E-state index contributed by atoms with van der Waals surface area (Å²) in [5.74, 6) is 0.546. The van der Waals surface area contributed by atoms with Crippen LogP contribution in [0.3, 0.4) is 0 Å². The Balaban J connectivity index is 1.77. The smallest absolute Gasteiger partial charge is 0.150 e. The Morgan fingerprint density at radius 1 is 1.31 bits per heavy atom. The Morgan fingerprint density at radius 2 is 2.19 bits per heavy atom. The number of nitrogen functional groups attached to an aromatic ring is 1. The molecule has 0 bridgehead atoms. The van der Waals surface area contributed by atoms with Crippen molar-refractivity contribution in [3.8, 4) is 0 Å². The summed E-state index contributed by atoms with van der Waals surface area (Å²) in [5.41, 5.74) is 14.4. The molecule has 0 saturated heterocycles. The zero-order valence-corrected chi connectivity index (χ0v) is 14.8. The van der Waals surface area contributed by atoms with Gasteiger partial charge in [-0.1, -0.05) is 11.3 Å². The van der Waals surface area contributed by atoms with Crippen molar-refractivity contribution in [1.29, 1.82) is 0 Å². The third-order valence-corrected chi connectivity index (χ3v) is 4.46. The van der Waals surface area contributed by atoms with Crippen molar-refractivity contribution < 1.29 is 5.11 Å². The molecule has 3 rings (SSSR count). The molecule has 3 aromatic rings. The van der Waals surface area contributed by atoms with Gasteiger partial charge < -0.3 is 21.9 Å². The first kappa shape index (κ1) is 17.8. The summed E-state index contributed by atoms with van der Waals surface area (Å²) in [5, 5.41) is 12.9. The highest BCUT2D eigenvalue weighted by molar-refractivity contribution is 7.18. The minimum atomic E-state index is -0.0205. The maximum Gasteiger partial charge on any atom is 0.150 e. The SMILES string of the molecule is NC=C(C=NCCO)c1ccc(N)c(NCc2nc3cccnc3s2)n1. The number of fused-ring (bicyclic) bond motifs is 1. The molecule has 3 aromatic heterocycles. The third kappa shape index (κ3) is 4.13. The number of aliphatic hydroxyl groups is 1. The van der Waals surface area contributed by atoms with Crippen molar-refractivity contribution >= 4 is 45.0 Å². The van der Waals surface area contributed by atoms with E-state index in [0.29, 0.717) is 35.9 Å². The lowest BCUT2D eigenvalue weighted by Gasteiger charge is -2.09. The molecule has 0 spiro atoms. The highest BCUT2D eigenvalue weighted by Gasteiger charge is 2.08. The third-order valence-electron chi connectivity index (χ3n) is 3.48. The van der Waals surface area contributed by atoms with E-state index in [0.717, 1.165) is 15.4 Å². The number of hydrogen-bond donors (Lipinski definition) is 4. The molecule has 134 valence electrons. The number of hydrogen-bond acceptors (Lipinski definition) is 9. The van der Waals surface area contributed by atoms with Gasteiger partial charge in [-0.2, -0.15) is 0 Å². The predicted octanol–water partition coefficient (Wildman–Crippen LogP) is 1.64. The number of nitrogens with one attached hydrogen (secondary N) is 1. The van der Waals surface area contributed by atoms with Gasteiger partial charge in [-0.3, -0.25) is 4.99 Å². The molecule has 0 radical (unpaired) electrons. The minimum absolute atomic E-state index is 0.0205. The number of aromatic nitrogens is 3. The number of rotatable bonds is 7. The maximum atomic E-state index is 8.82. The molecular formula is C17H19N7OS. The van der Waals surface area contributed by atoms with Gasteiger partial charge in [0, 0.05) is 24.2 Å². The maximum absolute atomic E-state index is 8.82. The Labute approximate surface area is 154 Å². The van der Waals surface area contributed by atoms with Crippen molar-refractivity contribution in [2.45, 2.75) is 6.54 Å². The molecule has 0 aliphatic rings. The summed E-state index contributed by atoms with van der Waals surface area (Å²) in [7, 11) is 0. The van der Waals surface area contributed by atoms with Crippen LogP contribution in [0.1, 0.15) is 10.7 Å². The van der Waals surface area contributed by atoms with Gasteiger partial charge in [0.2, 0.25) is 0 Å². The first-order valence-corrected chi connectivity index (χ1v) is 8.76. The second-order valence-corrected chi connectivity index (χ2v) is 6.37. The number of thiazole rings is 1. The molecule has 0 atom stereocenters. The Morgan fingerprint density at radius 3 is 2.96 bits per heavy atom. The number of pyridine rings is 2. The van der Waals surface area contributed by atoms with Crippen LogP contribution in [0, 0.1) is 0 Å². The summed E-state index contributed by atoms with van der Waals surface area (Å²) in [6.45, 7) is 0.776. The molecule has 8 nitrogen and oxygen atoms in total. The van der Waals surface area contributed by atoms with Crippen LogP contribution in [0.15, 0.2) is 41.7 Å². The zero-order valence-electron chi connectivity index (χ0n) is 14.0. The van der Waals surface area contributed by atoms with Gasteiger partial charge in [0.05, 0.1) is 31.1 Å². The molecule has 9 heteroatoms. The van der Waals surface area contributed by atoms with Crippen molar-refractivity contribution in [3.63, 3.8) is 0 Å². The number of allylic oxidation sites excluding steroid dienone is 1. The molecule has 3 heterocycles. The highest BCUT2D eigenvalue weighted by Crippen LogP contribution is 2.23. The largest absolute Gasteiger partial charge is 0.404 e. The van der Waals surface area contributed by atoms with E-state index in [9.17, 15) is 0 Å². The Kier molecular flexibility index (Phi) is 5.72. The highest BCUT2D eigenvalue weighted by atomic mass is 32.1. The fourth-order valence-electron chi connectivity index (χ4n) is 2.24. The molecule has 0 saturated carbocycles. The van der Waals surface area contributed by atoms with E-state index in [2.05, 4.69) is 25.3 Å². The van der Waals surface area contributed by atoms with Gasteiger partial charge in [0.25, 0.3) is 0 Å². The number of anilines is 2. The van der Waals surface area contributed by atoms with Crippen LogP contribution in [0.25, 0.3) is 15.9 Å². The lowest BCUT2D eigenvalue weighted by molar-refractivity contribution is 0.307. The van der Waals surface area contributed by atoms with E-state index < -0.39 is 0 Å². The molecular weight excluding hydrogens is 350 g/mol. The van der Waals surface area contributed by atoms with Crippen LogP contribution < -0.4 is 16.8 Å². The first-order chi connectivity index (χ1) is 12.7. The van der Waals surface area contributed by atoms with Crippen molar-refractivity contribution in [3.05, 3.63) is 47.4 Å². The van der Waals surface area contributed by atoms with E-state index in [-0.39, 0.29) is 6.61 Å². The molecule has 0 aromatic carbocycles. The molecule has 0 aliphatic heterocycles. The van der Waals surface area contributed by atoms with Crippen LogP contribution >= 0.6 is 11.3 Å². The first-order valence-electron chi connectivity index (χ1n) is 7.95. The average Bonchev–Trinajstić information content (AvgIpc) is 3.08. The van der Waals surface area contributed by atoms with Crippen LogP contribution in [0.5, 0.6) is 0 Å². The quantitative estimate of drug-likeness (QED) is 0.465. The number of nitrogens with zero attached hydrogens (tertiary/aromatic N) is 4. The molecule has 0 amide bonds. The minimum Gasteiger partial charge on any atom is -0.404 e. The number of nitrogens with two attached hydrogens (primary N) is 2. The van der Waals surface area contributed by atoms with Gasteiger partial charge in [-0.15, -0.1) is 0 Å². The lowest BCUT2D eigenvalue weighted by Crippen LogP contribution is -2.06. The fraction of sp³-hybridized carbons (Fsp3) is 0.176. The van der Waals surface area contributed by atoms with E-state index in [1.807, 2.05) is 12.1 Å². The summed E-state index contributed by atoms with van der Waals surface area (Å²) < 4.78 is 0. The standard InChI is InChI=1S/C17H19N7OS/c18-8-11(9-20-6-7-25)13-4-3-12(19)16(24-13)22-10-15-23-14-2-1-5-21-17(14)26-15/h1-5,8-9,25H,6-7,10,18-19H2,(H,22,24). The van der Waals surface area contributed by atoms with Crippen LogP contribution in [0.2, 0.25) is 0 Å². The normalized spacial score (nSPS) is 12.1. The molecule has 0 aliphatic carbocycles. The van der Waals surface area contributed by atoms with Gasteiger partial charge in [0.15, 0.2) is 0 Å². The van der Waals surface area contributed by atoms with Crippen molar-refractivity contribution in [1.82, 2.24) is 15.0 Å². The van der Waals surface area contributed by atoms with E-state index >= 15 is 0 Å². The zero-order chi connectivity index (χ0) is 18.4. The van der Waals surface area contributed by atoms with Crippen LogP contribution in [-0.4, -0.2) is 39.4 Å². The van der Waals surface area contributed by atoms with Gasteiger partial charge in [-0.05, 0) is 24.3 Å². The second-order valence-electron chi connectivity index (χ2n) is 5.30. The van der Waals surface area contributed by atoms with Crippen LogP contribution in [-0.2, 0) is 6.54 Å². The number of aliphatic imine (C=N–C) groups is 1. The number of aliphatic hydroxyl groups excluding tert-OH is 1. The second kappa shape index (κ2) is 8.37. The fourth-order valence-corrected chi connectivity index (χ4v) is 3.08. The van der Waals surface area contributed by atoms with Crippen LogP contribution in [0.4, 0.5) is 11.5 Å². The summed E-state index contributed by atoms with van der Waals surface area (Å²) in [6.07, 6.45) is 4.75. The van der Waals surface area contributed by atoms with E-state index in [1.54, 1.807) is 24.5 Å². The molecule has 0 fully saturated rings. The predicted molar refractivity (Wildman–Crippen MR) is 106 cm³/mol. The van der Waals surface area contributed by atoms with E-state index in [4.69, 9.17) is 16.6 Å². The van der Waals surface area contributed by atoms with E-state index in [1.165, 1.54) is 17.5 Å². The van der Waals surface area contributed by atoms with Gasteiger partial charge in [-0.25, -0.2) is 15.0 Å². The lowest BCUT2D eigenvalue weighted by atomic mass is 10.2. The Bertz CT molecular complexity index is 918. The summed E-state index contributed by atoms with van der Waals surface area (Å²) >= 11 is 1.52. The van der Waals surface area contributed by atoms with Crippen molar-refractivity contribution in [2.24, 2.45) is 10.7 Å². The van der Waals surface area contributed by atoms with Gasteiger partial charge in [0.1, 0.15) is 21.2 Å². The molecule has 0 unspecified atom stereocenters. The molecule has 26 heavy (non-hydrogen) atoms. The monoisotopic (exact) mass is 369 g/mol. The van der Waals surface area contributed by atoms with Gasteiger partial charge >= 0.3 is 0 Å². The Hall–Kier alpha value is -3.04. The topological polar surface area (TPSA) is 135 Å².